The quantitative estimate of drug-likeness (QED) is 0.885. The third-order valence-electron chi connectivity index (χ3n) is 4.07. The summed E-state index contributed by atoms with van der Waals surface area (Å²) in [5.74, 6) is -0.190. The molecule has 1 aliphatic heterocycles. The summed E-state index contributed by atoms with van der Waals surface area (Å²) in [5, 5.41) is 17.8. The molecule has 5 heteroatoms. The van der Waals surface area contributed by atoms with Gasteiger partial charge in [-0.2, -0.15) is 5.26 Å². The molecule has 0 unspecified atom stereocenters. The molecule has 3 rings (SSSR count). The van der Waals surface area contributed by atoms with E-state index in [0.717, 1.165) is 23.4 Å². The van der Waals surface area contributed by atoms with Crippen LogP contribution in [0.25, 0.3) is 0 Å². The maximum absolute atomic E-state index is 10.8. The Kier molecular flexibility index (Phi) is 4.78. The normalized spacial score (nSPS) is 14.6. The average molecular weight is 322 g/mol. The van der Waals surface area contributed by atoms with Gasteiger partial charge in [-0.15, -0.1) is 0 Å². The van der Waals surface area contributed by atoms with E-state index in [1.54, 1.807) is 6.07 Å². The first-order chi connectivity index (χ1) is 11.6. The van der Waals surface area contributed by atoms with Crippen LogP contribution in [0.4, 0.5) is 0 Å². The van der Waals surface area contributed by atoms with E-state index < -0.39 is 5.97 Å². The number of carboxylic acids is 1. The van der Waals surface area contributed by atoms with Crippen molar-refractivity contribution in [2.24, 2.45) is 5.92 Å². The molecule has 1 N–H and O–H groups in total. The summed E-state index contributed by atoms with van der Waals surface area (Å²) in [6.07, 6.45) is 0. The van der Waals surface area contributed by atoms with Crippen LogP contribution in [-0.4, -0.2) is 29.1 Å². The highest BCUT2D eigenvalue weighted by atomic mass is 16.5. The van der Waals surface area contributed by atoms with Gasteiger partial charge in [0.1, 0.15) is 12.4 Å². The van der Waals surface area contributed by atoms with Crippen LogP contribution in [0, 0.1) is 17.2 Å². The van der Waals surface area contributed by atoms with Crippen LogP contribution in [0.5, 0.6) is 5.75 Å². The number of likely N-dealkylation sites (tertiary alicyclic amines) is 1. The first kappa shape index (κ1) is 16.0. The summed E-state index contributed by atoms with van der Waals surface area (Å²) >= 11 is 0. The van der Waals surface area contributed by atoms with Crippen molar-refractivity contribution >= 4 is 5.97 Å². The summed E-state index contributed by atoms with van der Waals surface area (Å²) in [6.45, 7) is 2.33. The third-order valence-corrected chi connectivity index (χ3v) is 4.07. The Morgan fingerprint density at radius 3 is 2.71 bits per heavy atom. The van der Waals surface area contributed by atoms with Crippen LogP contribution < -0.4 is 4.74 Å². The second-order valence-corrected chi connectivity index (χ2v) is 5.98. The highest BCUT2D eigenvalue weighted by Crippen LogP contribution is 2.21. The predicted octanol–water partition coefficient (Wildman–Crippen LogP) is 2.65. The lowest BCUT2D eigenvalue weighted by Gasteiger charge is -2.36. The van der Waals surface area contributed by atoms with Crippen LogP contribution in [0.15, 0.2) is 48.5 Å². The minimum atomic E-state index is -0.720. The van der Waals surface area contributed by atoms with Crippen molar-refractivity contribution in [3.63, 3.8) is 0 Å². The molecule has 0 saturated carbocycles. The third kappa shape index (κ3) is 3.92. The number of rotatable bonds is 6. The Morgan fingerprint density at radius 2 is 1.96 bits per heavy atom. The number of hydrogen-bond acceptors (Lipinski definition) is 4. The van der Waals surface area contributed by atoms with Gasteiger partial charge in [-0.3, -0.25) is 9.69 Å². The molecular weight excluding hydrogens is 304 g/mol. The van der Waals surface area contributed by atoms with Crippen LogP contribution >= 0.6 is 0 Å². The van der Waals surface area contributed by atoms with Crippen LogP contribution in [0.2, 0.25) is 0 Å². The fraction of sp³-hybridized carbons (Fsp3) is 0.263. The molecule has 1 heterocycles. The smallest absolute Gasteiger partial charge is 0.309 e. The first-order valence-corrected chi connectivity index (χ1v) is 7.80. The standard InChI is InChI=1S/C19H18N2O3/c20-9-14-3-1-5-16(7-14)13-24-18-6-2-4-15(8-18)10-21-11-17(12-21)19(22)23/h1-8,17H,10-13H2,(H,22,23). The molecule has 24 heavy (non-hydrogen) atoms. The molecule has 1 saturated heterocycles. The van der Waals surface area contributed by atoms with Crippen molar-refractivity contribution in [2.45, 2.75) is 13.2 Å². The predicted molar refractivity (Wildman–Crippen MR) is 88.3 cm³/mol. The van der Waals surface area contributed by atoms with E-state index in [-0.39, 0.29) is 5.92 Å². The van der Waals surface area contributed by atoms with Gasteiger partial charge in [0.15, 0.2) is 0 Å². The Hall–Kier alpha value is -2.84. The van der Waals surface area contributed by atoms with Gasteiger partial charge in [0, 0.05) is 19.6 Å². The molecular formula is C19H18N2O3. The molecule has 0 bridgehead atoms. The minimum Gasteiger partial charge on any atom is -0.489 e. The number of aliphatic carboxylic acids is 1. The highest BCUT2D eigenvalue weighted by molar-refractivity contribution is 5.71. The summed E-state index contributed by atoms with van der Waals surface area (Å²) < 4.78 is 5.80. The lowest BCUT2D eigenvalue weighted by molar-refractivity contribution is -0.147. The Bertz CT molecular complexity index is 776. The second kappa shape index (κ2) is 7.16. The molecule has 5 nitrogen and oxygen atoms in total. The molecule has 2 aromatic rings. The molecule has 0 radical (unpaired) electrons. The zero-order valence-corrected chi connectivity index (χ0v) is 13.2. The van der Waals surface area contributed by atoms with Crippen molar-refractivity contribution in [1.82, 2.24) is 4.90 Å². The molecule has 0 atom stereocenters. The Balaban J connectivity index is 1.55. The monoisotopic (exact) mass is 322 g/mol. The number of nitriles is 1. The molecule has 2 aromatic carbocycles. The largest absolute Gasteiger partial charge is 0.489 e. The molecule has 122 valence electrons. The topological polar surface area (TPSA) is 73.6 Å². The maximum Gasteiger partial charge on any atom is 0.309 e. The molecule has 1 fully saturated rings. The Labute approximate surface area is 140 Å². The van der Waals surface area contributed by atoms with Gasteiger partial charge in [-0.05, 0) is 35.4 Å². The number of carbonyl (C=O) groups is 1. The fourth-order valence-electron chi connectivity index (χ4n) is 2.74. The summed E-state index contributed by atoms with van der Waals surface area (Å²) in [4.78, 5) is 12.9. The van der Waals surface area contributed by atoms with Crippen LogP contribution in [-0.2, 0) is 17.9 Å². The molecule has 0 amide bonds. The number of carboxylic acid groups (broad SMARTS) is 1. The average Bonchev–Trinajstić information content (AvgIpc) is 2.56. The van der Waals surface area contributed by atoms with E-state index in [0.29, 0.717) is 25.3 Å². The number of hydrogen-bond donors (Lipinski definition) is 1. The van der Waals surface area contributed by atoms with Crippen LogP contribution in [0.3, 0.4) is 0 Å². The SMILES string of the molecule is N#Cc1cccc(COc2cccc(CN3CC(C(=O)O)C3)c2)c1. The molecule has 0 aromatic heterocycles. The van der Waals surface area contributed by atoms with Crippen molar-refractivity contribution in [2.75, 3.05) is 13.1 Å². The van der Waals surface area contributed by atoms with Crippen molar-refractivity contribution in [3.05, 3.63) is 65.2 Å². The van der Waals surface area contributed by atoms with Crippen molar-refractivity contribution in [1.29, 1.82) is 5.26 Å². The van der Waals surface area contributed by atoms with E-state index in [2.05, 4.69) is 11.0 Å². The second-order valence-electron chi connectivity index (χ2n) is 5.98. The minimum absolute atomic E-state index is 0.239. The summed E-state index contributed by atoms with van der Waals surface area (Å²) in [5.41, 5.74) is 2.67. The maximum atomic E-state index is 10.8. The molecule has 1 aliphatic rings. The van der Waals surface area contributed by atoms with Gasteiger partial charge in [0.25, 0.3) is 0 Å². The zero-order valence-electron chi connectivity index (χ0n) is 13.2. The lowest BCUT2D eigenvalue weighted by atomic mass is 9.99. The number of nitrogens with zero attached hydrogens (tertiary/aromatic N) is 2. The van der Waals surface area contributed by atoms with Crippen molar-refractivity contribution < 1.29 is 14.6 Å². The van der Waals surface area contributed by atoms with Gasteiger partial charge >= 0.3 is 5.97 Å². The lowest BCUT2D eigenvalue weighted by Crippen LogP contribution is -2.49. The number of benzene rings is 2. The summed E-state index contributed by atoms with van der Waals surface area (Å²) in [7, 11) is 0. The first-order valence-electron chi connectivity index (χ1n) is 7.80. The summed E-state index contributed by atoms with van der Waals surface area (Å²) in [6, 6.07) is 17.3. The van der Waals surface area contributed by atoms with Gasteiger partial charge in [0.05, 0.1) is 17.6 Å². The van der Waals surface area contributed by atoms with E-state index in [9.17, 15) is 4.79 Å². The van der Waals surface area contributed by atoms with Crippen molar-refractivity contribution in [3.8, 4) is 11.8 Å². The van der Waals surface area contributed by atoms with Crippen LogP contribution in [0.1, 0.15) is 16.7 Å². The molecule has 0 spiro atoms. The Morgan fingerprint density at radius 1 is 1.21 bits per heavy atom. The van der Waals surface area contributed by atoms with E-state index in [1.807, 2.05) is 42.5 Å². The highest BCUT2D eigenvalue weighted by Gasteiger charge is 2.32. The van der Waals surface area contributed by atoms with E-state index in [4.69, 9.17) is 15.1 Å². The van der Waals surface area contributed by atoms with E-state index in [1.165, 1.54) is 0 Å². The molecule has 0 aliphatic carbocycles. The van der Waals surface area contributed by atoms with Gasteiger partial charge in [-0.25, -0.2) is 0 Å². The van der Waals surface area contributed by atoms with Gasteiger partial charge in [0.2, 0.25) is 0 Å². The fourth-order valence-corrected chi connectivity index (χ4v) is 2.74. The zero-order chi connectivity index (χ0) is 16.9. The van der Waals surface area contributed by atoms with Gasteiger partial charge < -0.3 is 9.84 Å². The van der Waals surface area contributed by atoms with Gasteiger partial charge in [-0.1, -0.05) is 24.3 Å². The number of ether oxygens (including phenoxy) is 1. The van der Waals surface area contributed by atoms with E-state index >= 15 is 0 Å².